The Morgan fingerprint density at radius 1 is 1.12 bits per heavy atom. The largest absolute Gasteiger partial charge is 0.484 e. The molecular formula is C24H16BrN3O5. The molecule has 9 heteroatoms. The summed E-state index contributed by atoms with van der Waals surface area (Å²) in [6.07, 6.45) is 1.58. The van der Waals surface area contributed by atoms with Crippen LogP contribution in [0.5, 0.6) is 5.75 Å². The summed E-state index contributed by atoms with van der Waals surface area (Å²) in [7, 11) is 0. The molecule has 8 nitrogen and oxygen atoms in total. The molecule has 0 spiro atoms. The number of primary amides is 1. The van der Waals surface area contributed by atoms with E-state index in [1.807, 2.05) is 0 Å². The van der Waals surface area contributed by atoms with Crippen molar-refractivity contribution in [3.05, 3.63) is 98.4 Å². The quantitative estimate of drug-likeness (QED) is 0.443. The van der Waals surface area contributed by atoms with E-state index in [2.05, 4.69) is 20.9 Å². The average Bonchev–Trinajstić information content (AvgIpc) is 3.11. The van der Waals surface area contributed by atoms with Crippen molar-refractivity contribution in [1.29, 1.82) is 0 Å². The number of hydrogen-bond acceptors (Lipinski definition) is 6. The summed E-state index contributed by atoms with van der Waals surface area (Å²) >= 11 is 3.39. The molecule has 1 aliphatic rings. The second-order valence-electron chi connectivity index (χ2n) is 7.40. The number of anilines is 1. The van der Waals surface area contributed by atoms with Gasteiger partial charge in [0.2, 0.25) is 5.76 Å². The summed E-state index contributed by atoms with van der Waals surface area (Å²) in [6, 6.07) is 16.3. The zero-order valence-electron chi connectivity index (χ0n) is 17.0. The number of carbonyl (C=O) groups is 2. The molecule has 3 heterocycles. The van der Waals surface area contributed by atoms with Crippen LogP contribution in [0.15, 0.2) is 80.5 Å². The summed E-state index contributed by atoms with van der Waals surface area (Å²) in [5, 5.41) is 0.366. The highest BCUT2D eigenvalue weighted by Crippen LogP contribution is 2.41. The molecular weight excluding hydrogens is 490 g/mol. The summed E-state index contributed by atoms with van der Waals surface area (Å²) in [5.74, 6) is -0.242. The molecule has 1 atom stereocenters. The second-order valence-corrected chi connectivity index (χ2v) is 8.32. The molecule has 0 saturated carbocycles. The number of amides is 2. The van der Waals surface area contributed by atoms with Crippen molar-refractivity contribution < 1.29 is 18.7 Å². The SMILES string of the molecule is NC(=O)COc1ccc(C2c3c(oc4ccc(Br)cc4c3=O)C(=O)N2c2ccccn2)cc1. The van der Waals surface area contributed by atoms with Gasteiger partial charge in [0.05, 0.1) is 17.0 Å². The number of halogens is 1. The van der Waals surface area contributed by atoms with Crippen molar-refractivity contribution in [2.75, 3.05) is 11.5 Å². The lowest BCUT2D eigenvalue weighted by molar-refractivity contribution is -0.119. The van der Waals surface area contributed by atoms with Gasteiger partial charge in [0, 0.05) is 10.7 Å². The third-order valence-corrected chi connectivity index (χ3v) is 5.80. The van der Waals surface area contributed by atoms with Crippen molar-refractivity contribution in [1.82, 2.24) is 4.98 Å². The maximum absolute atomic E-state index is 13.6. The maximum Gasteiger partial charge on any atom is 0.296 e. The van der Waals surface area contributed by atoms with Crippen LogP contribution in [0, 0.1) is 0 Å². The van der Waals surface area contributed by atoms with Crippen LogP contribution in [0.1, 0.15) is 27.7 Å². The first kappa shape index (κ1) is 20.9. The zero-order chi connectivity index (χ0) is 23.1. The minimum absolute atomic E-state index is 0.0143. The molecule has 2 aromatic carbocycles. The van der Waals surface area contributed by atoms with E-state index in [-0.39, 0.29) is 23.4 Å². The van der Waals surface area contributed by atoms with Gasteiger partial charge in [-0.2, -0.15) is 0 Å². The first-order valence-electron chi connectivity index (χ1n) is 9.96. The van der Waals surface area contributed by atoms with Crippen molar-refractivity contribution >= 4 is 44.5 Å². The van der Waals surface area contributed by atoms with Crippen LogP contribution in [-0.4, -0.2) is 23.4 Å². The van der Waals surface area contributed by atoms with Gasteiger partial charge in [-0.3, -0.25) is 19.3 Å². The third-order valence-electron chi connectivity index (χ3n) is 5.31. The van der Waals surface area contributed by atoms with E-state index in [4.69, 9.17) is 14.9 Å². The van der Waals surface area contributed by atoms with E-state index in [0.717, 1.165) is 4.47 Å². The van der Waals surface area contributed by atoms with Crippen LogP contribution < -0.4 is 20.8 Å². The lowest BCUT2D eigenvalue weighted by Crippen LogP contribution is -2.30. The number of fused-ring (bicyclic) bond motifs is 2. The number of aromatic nitrogens is 1. The normalized spacial score (nSPS) is 15.0. The molecule has 2 amide bonds. The Bertz CT molecular complexity index is 1450. The number of pyridine rings is 1. The summed E-state index contributed by atoms with van der Waals surface area (Å²) < 4.78 is 12.0. The number of rotatable bonds is 5. The number of nitrogens with zero attached hydrogens (tertiary/aromatic N) is 2. The van der Waals surface area contributed by atoms with Gasteiger partial charge in [-0.1, -0.05) is 34.1 Å². The molecule has 33 heavy (non-hydrogen) atoms. The Balaban J connectivity index is 1.69. The minimum atomic E-state index is -0.757. The van der Waals surface area contributed by atoms with Crippen LogP contribution >= 0.6 is 15.9 Å². The van der Waals surface area contributed by atoms with Gasteiger partial charge in [-0.25, -0.2) is 4.98 Å². The fourth-order valence-electron chi connectivity index (χ4n) is 3.89. The molecule has 5 rings (SSSR count). The zero-order valence-corrected chi connectivity index (χ0v) is 18.6. The summed E-state index contributed by atoms with van der Waals surface area (Å²) in [5.41, 5.74) is 6.05. The van der Waals surface area contributed by atoms with E-state index in [9.17, 15) is 14.4 Å². The lowest BCUT2D eigenvalue weighted by Gasteiger charge is -2.24. The minimum Gasteiger partial charge on any atom is -0.484 e. The highest BCUT2D eigenvalue weighted by atomic mass is 79.9. The highest BCUT2D eigenvalue weighted by Gasteiger charge is 2.44. The molecule has 1 aliphatic heterocycles. The predicted octanol–water partition coefficient (Wildman–Crippen LogP) is 3.56. The molecule has 0 fully saturated rings. The molecule has 2 N–H and O–H groups in total. The van der Waals surface area contributed by atoms with E-state index < -0.39 is 17.9 Å². The monoisotopic (exact) mass is 505 g/mol. The van der Waals surface area contributed by atoms with Gasteiger partial charge in [-0.05, 0) is 48.0 Å². The fraction of sp³-hybridized carbons (Fsp3) is 0.0833. The van der Waals surface area contributed by atoms with Crippen LogP contribution in [-0.2, 0) is 4.79 Å². The van der Waals surface area contributed by atoms with Gasteiger partial charge < -0.3 is 14.9 Å². The van der Waals surface area contributed by atoms with Crippen molar-refractivity contribution in [3.8, 4) is 5.75 Å². The number of hydrogen-bond donors (Lipinski definition) is 1. The maximum atomic E-state index is 13.6. The van der Waals surface area contributed by atoms with Gasteiger partial charge in [-0.15, -0.1) is 0 Å². The van der Waals surface area contributed by atoms with Gasteiger partial charge in [0.25, 0.3) is 11.8 Å². The molecule has 2 aromatic heterocycles. The molecule has 0 bridgehead atoms. The molecule has 0 saturated heterocycles. The Morgan fingerprint density at radius 3 is 2.61 bits per heavy atom. The molecule has 1 unspecified atom stereocenters. The number of benzene rings is 2. The van der Waals surface area contributed by atoms with Crippen molar-refractivity contribution in [3.63, 3.8) is 0 Å². The van der Waals surface area contributed by atoms with Gasteiger partial charge in [0.1, 0.15) is 17.2 Å². The lowest BCUT2D eigenvalue weighted by atomic mass is 9.98. The van der Waals surface area contributed by atoms with Gasteiger partial charge >= 0.3 is 0 Å². The molecule has 0 radical (unpaired) electrons. The Kier molecular flexibility index (Phi) is 5.18. The van der Waals surface area contributed by atoms with E-state index in [0.29, 0.717) is 28.1 Å². The molecule has 0 aliphatic carbocycles. The topological polar surface area (TPSA) is 116 Å². The standard InChI is InChI=1S/C24H16BrN3O5/c25-14-6-9-17-16(11-14)22(30)20-21(13-4-7-15(8-5-13)32-12-18(26)29)28(24(31)23(20)33-17)19-3-1-2-10-27-19/h1-11,21H,12H2,(H2,26,29). The highest BCUT2D eigenvalue weighted by molar-refractivity contribution is 9.10. The number of ether oxygens (including phenoxy) is 1. The van der Waals surface area contributed by atoms with Crippen LogP contribution in [0.4, 0.5) is 5.82 Å². The van der Waals surface area contributed by atoms with E-state index >= 15 is 0 Å². The van der Waals surface area contributed by atoms with E-state index in [1.54, 1.807) is 66.9 Å². The van der Waals surface area contributed by atoms with Crippen LogP contribution in [0.3, 0.4) is 0 Å². The Labute approximate surface area is 195 Å². The first-order valence-corrected chi connectivity index (χ1v) is 10.8. The van der Waals surface area contributed by atoms with Gasteiger partial charge in [0.15, 0.2) is 12.0 Å². The predicted molar refractivity (Wildman–Crippen MR) is 124 cm³/mol. The molecule has 4 aromatic rings. The smallest absolute Gasteiger partial charge is 0.296 e. The first-order chi connectivity index (χ1) is 15.9. The fourth-order valence-corrected chi connectivity index (χ4v) is 4.25. The molecule has 164 valence electrons. The van der Waals surface area contributed by atoms with Crippen molar-refractivity contribution in [2.24, 2.45) is 5.73 Å². The van der Waals surface area contributed by atoms with E-state index in [1.165, 1.54) is 4.90 Å². The third kappa shape index (κ3) is 3.66. The number of nitrogens with two attached hydrogens (primary N) is 1. The summed E-state index contributed by atoms with van der Waals surface area (Å²) in [4.78, 5) is 43.8. The van der Waals surface area contributed by atoms with Crippen LogP contribution in [0.2, 0.25) is 0 Å². The summed E-state index contributed by atoms with van der Waals surface area (Å²) in [6.45, 7) is -0.255. The van der Waals surface area contributed by atoms with Crippen molar-refractivity contribution in [2.45, 2.75) is 6.04 Å². The van der Waals surface area contributed by atoms with Crippen LogP contribution in [0.25, 0.3) is 11.0 Å². The average molecular weight is 506 g/mol. The Hall–Kier alpha value is -3.98. The number of carbonyl (C=O) groups excluding carboxylic acids is 2. The Morgan fingerprint density at radius 2 is 1.91 bits per heavy atom. The second kappa shape index (κ2) is 8.18.